The molecule has 1 heterocycles. The number of rotatable bonds is 4. The molecule has 4 nitrogen and oxygen atoms in total. The van der Waals surface area contributed by atoms with Crippen molar-refractivity contribution in [1.82, 2.24) is 9.97 Å². The van der Waals surface area contributed by atoms with E-state index in [1.807, 2.05) is 0 Å². The fourth-order valence-electron chi connectivity index (χ4n) is 1.24. The van der Waals surface area contributed by atoms with E-state index >= 15 is 0 Å². The maximum atomic E-state index is 5.99. The van der Waals surface area contributed by atoms with Gasteiger partial charge in [-0.15, -0.1) is 6.42 Å². The number of terminal acetylenes is 1. The maximum Gasteiger partial charge on any atom is 0.226 e. The number of aromatic nitrogens is 2. The molecule has 0 saturated heterocycles. The van der Waals surface area contributed by atoms with Crippen LogP contribution < -0.4 is 9.47 Å². The van der Waals surface area contributed by atoms with Crippen molar-refractivity contribution in [2.75, 3.05) is 6.61 Å². The van der Waals surface area contributed by atoms with Crippen molar-refractivity contribution in [3.8, 4) is 29.9 Å². The standard InChI is InChI=1S/C13H8Cl2N2O2/c1-2-5-18-12-7-13(17-8-16-12)19-11-4-3-9(14)6-10(11)15/h1,3-4,6-8H,5H2. The summed E-state index contributed by atoms with van der Waals surface area (Å²) in [5.74, 6) is 3.40. The summed E-state index contributed by atoms with van der Waals surface area (Å²) in [7, 11) is 0. The molecular weight excluding hydrogens is 287 g/mol. The highest BCUT2D eigenvalue weighted by atomic mass is 35.5. The van der Waals surface area contributed by atoms with Crippen LogP contribution in [0, 0.1) is 12.3 Å². The highest BCUT2D eigenvalue weighted by Crippen LogP contribution is 2.31. The zero-order valence-corrected chi connectivity index (χ0v) is 11.1. The molecule has 0 atom stereocenters. The van der Waals surface area contributed by atoms with Gasteiger partial charge in [0.15, 0.2) is 6.61 Å². The zero-order chi connectivity index (χ0) is 13.7. The van der Waals surface area contributed by atoms with Gasteiger partial charge in [0.05, 0.1) is 11.1 Å². The van der Waals surface area contributed by atoms with Gasteiger partial charge in [0.2, 0.25) is 11.8 Å². The Hall–Kier alpha value is -1.96. The summed E-state index contributed by atoms with van der Waals surface area (Å²) in [5.41, 5.74) is 0. The molecule has 6 heteroatoms. The number of benzene rings is 1. The lowest BCUT2D eigenvalue weighted by Gasteiger charge is -2.07. The minimum absolute atomic E-state index is 0.123. The lowest BCUT2D eigenvalue weighted by molar-refractivity contribution is 0.350. The van der Waals surface area contributed by atoms with Crippen molar-refractivity contribution in [3.05, 3.63) is 40.6 Å². The van der Waals surface area contributed by atoms with E-state index in [4.69, 9.17) is 39.1 Å². The molecule has 0 spiro atoms. The second kappa shape index (κ2) is 6.28. The van der Waals surface area contributed by atoms with E-state index in [9.17, 15) is 0 Å². The van der Waals surface area contributed by atoms with E-state index in [2.05, 4.69) is 15.9 Å². The number of hydrogen-bond acceptors (Lipinski definition) is 4. The summed E-state index contributed by atoms with van der Waals surface area (Å²) in [6.07, 6.45) is 6.40. The summed E-state index contributed by atoms with van der Waals surface area (Å²) in [6, 6.07) is 6.41. The SMILES string of the molecule is C#CCOc1cc(Oc2ccc(Cl)cc2Cl)ncn1. The van der Waals surface area contributed by atoms with Crippen LogP contribution in [0.3, 0.4) is 0 Å². The Balaban J connectivity index is 2.16. The maximum absolute atomic E-state index is 5.99. The molecule has 0 aliphatic rings. The molecule has 0 aliphatic heterocycles. The van der Waals surface area contributed by atoms with Gasteiger partial charge < -0.3 is 9.47 Å². The van der Waals surface area contributed by atoms with Crippen LogP contribution in [-0.4, -0.2) is 16.6 Å². The van der Waals surface area contributed by atoms with Crippen molar-refractivity contribution in [1.29, 1.82) is 0 Å². The fraction of sp³-hybridized carbons (Fsp3) is 0.0769. The molecule has 0 bridgehead atoms. The average Bonchev–Trinajstić information content (AvgIpc) is 2.40. The van der Waals surface area contributed by atoms with Crippen molar-refractivity contribution in [2.24, 2.45) is 0 Å². The van der Waals surface area contributed by atoms with Crippen molar-refractivity contribution in [3.63, 3.8) is 0 Å². The highest BCUT2D eigenvalue weighted by Gasteiger charge is 2.06. The minimum Gasteiger partial charge on any atom is -0.464 e. The third kappa shape index (κ3) is 3.75. The number of nitrogens with zero attached hydrogens (tertiary/aromatic N) is 2. The Morgan fingerprint density at radius 3 is 2.68 bits per heavy atom. The molecule has 0 aliphatic carbocycles. The van der Waals surface area contributed by atoms with Crippen LogP contribution >= 0.6 is 23.2 Å². The van der Waals surface area contributed by atoms with Crippen LogP contribution in [0.25, 0.3) is 0 Å². The quantitative estimate of drug-likeness (QED) is 0.809. The van der Waals surface area contributed by atoms with Gasteiger partial charge in [0.25, 0.3) is 0 Å². The number of hydrogen-bond donors (Lipinski definition) is 0. The molecule has 1 aromatic heterocycles. The van der Waals surface area contributed by atoms with E-state index in [1.54, 1.807) is 18.2 Å². The first-order chi connectivity index (χ1) is 9.19. The first-order valence-electron chi connectivity index (χ1n) is 5.20. The van der Waals surface area contributed by atoms with Gasteiger partial charge in [0.1, 0.15) is 12.1 Å². The first-order valence-corrected chi connectivity index (χ1v) is 5.96. The van der Waals surface area contributed by atoms with Gasteiger partial charge >= 0.3 is 0 Å². The Bertz CT molecular complexity index is 626. The summed E-state index contributed by atoms with van der Waals surface area (Å²) >= 11 is 11.8. The highest BCUT2D eigenvalue weighted by molar-refractivity contribution is 6.35. The predicted octanol–water partition coefficient (Wildman–Crippen LogP) is 3.59. The third-order valence-corrected chi connectivity index (χ3v) is 2.56. The molecule has 96 valence electrons. The summed E-state index contributed by atoms with van der Waals surface area (Å²) in [6.45, 7) is 0.123. The fourth-order valence-corrected chi connectivity index (χ4v) is 1.69. The Morgan fingerprint density at radius 1 is 1.16 bits per heavy atom. The molecule has 1 aromatic carbocycles. The van der Waals surface area contributed by atoms with Crippen molar-refractivity contribution >= 4 is 23.2 Å². The van der Waals surface area contributed by atoms with Crippen LogP contribution in [0.1, 0.15) is 0 Å². The van der Waals surface area contributed by atoms with Crippen LogP contribution in [0.5, 0.6) is 17.5 Å². The molecule has 0 unspecified atom stereocenters. The lowest BCUT2D eigenvalue weighted by Crippen LogP contribution is -1.97. The largest absolute Gasteiger partial charge is 0.464 e. The topological polar surface area (TPSA) is 44.2 Å². The predicted molar refractivity (Wildman–Crippen MR) is 72.9 cm³/mol. The smallest absolute Gasteiger partial charge is 0.226 e. The molecule has 0 radical (unpaired) electrons. The van der Waals surface area contributed by atoms with Gasteiger partial charge in [0, 0.05) is 5.02 Å². The molecule has 0 fully saturated rings. The lowest BCUT2D eigenvalue weighted by atomic mass is 10.3. The van der Waals surface area contributed by atoms with Crippen LogP contribution in [0.2, 0.25) is 10.0 Å². The summed E-state index contributed by atoms with van der Waals surface area (Å²) in [5, 5.41) is 0.912. The third-order valence-electron chi connectivity index (χ3n) is 2.03. The van der Waals surface area contributed by atoms with Crippen LogP contribution in [-0.2, 0) is 0 Å². The van der Waals surface area contributed by atoms with Crippen molar-refractivity contribution < 1.29 is 9.47 Å². The summed E-state index contributed by atoms with van der Waals surface area (Å²) in [4.78, 5) is 7.84. The van der Waals surface area contributed by atoms with E-state index in [1.165, 1.54) is 12.4 Å². The molecule has 2 aromatic rings. The summed E-state index contributed by atoms with van der Waals surface area (Å²) < 4.78 is 10.7. The van der Waals surface area contributed by atoms with E-state index in [0.29, 0.717) is 27.6 Å². The number of ether oxygens (including phenoxy) is 2. The first kappa shape index (κ1) is 13.5. The van der Waals surface area contributed by atoms with Gasteiger partial charge in [-0.05, 0) is 18.2 Å². The van der Waals surface area contributed by atoms with Gasteiger partial charge in [-0.3, -0.25) is 0 Å². The Labute approximate surface area is 120 Å². The average molecular weight is 295 g/mol. The molecule has 0 saturated carbocycles. The Morgan fingerprint density at radius 2 is 1.95 bits per heavy atom. The molecule has 19 heavy (non-hydrogen) atoms. The monoisotopic (exact) mass is 294 g/mol. The second-order valence-electron chi connectivity index (χ2n) is 3.36. The minimum atomic E-state index is 0.123. The Kier molecular flexibility index (Phi) is 4.45. The van der Waals surface area contributed by atoms with Gasteiger partial charge in [-0.2, -0.15) is 0 Å². The van der Waals surface area contributed by atoms with Crippen LogP contribution in [0.4, 0.5) is 0 Å². The van der Waals surface area contributed by atoms with E-state index in [-0.39, 0.29) is 6.61 Å². The normalized spacial score (nSPS) is 9.74. The molecule has 0 amide bonds. The molecule has 2 rings (SSSR count). The van der Waals surface area contributed by atoms with E-state index in [0.717, 1.165) is 0 Å². The van der Waals surface area contributed by atoms with Gasteiger partial charge in [-0.25, -0.2) is 9.97 Å². The molecular formula is C13H8Cl2N2O2. The molecule has 0 N–H and O–H groups in total. The van der Waals surface area contributed by atoms with Gasteiger partial charge in [-0.1, -0.05) is 29.1 Å². The second-order valence-corrected chi connectivity index (χ2v) is 4.21. The van der Waals surface area contributed by atoms with Crippen molar-refractivity contribution in [2.45, 2.75) is 0 Å². The van der Waals surface area contributed by atoms with Crippen LogP contribution in [0.15, 0.2) is 30.6 Å². The van der Waals surface area contributed by atoms with E-state index < -0.39 is 0 Å². The zero-order valence-electron chi connectivity index (χ0n) is 9.64. The number of halogens is 2.